The predicted octanol–water partition coefficient (Wildman–Crippen LogP) is 3.56. The monoisotopic (exact) mass is 417 g/mol. The molecule has 26 heavy (non-hydrogen) atoms. The Morgan fingerprint density at radius 1 is 1.12 bits per heavy atom. The number of nitrogens with zero attached hydrogens (tertiary/aromatic N) is 2. The molecule has 1 saturated heterocycles. The van der Waals surface area contributed by atoms with Gasteiger partial charge in [0.25, 0.3) is 0 Å². The molecule has 136 valence electrons. The highest BCUT2D eigenvalue weighted by atomic mass is 79.9. The lowest BCUT2D eigenvalue weighted by Crippen LogP contribution is -2.53. The van der Waals surface area contributed by atoms with E-state index < -0.39 is 5.97 Å². The topological polar surface area (TPSA) is 86.9 Å². The minimum absolute atomic E-state index is 0.0263. The average molecular weight is 418 g/mol. The molecule has 1 fully saturated rings. The highest BCUT2D eigenvalue weighted by Crippen LogP contribution is 2.26. The summed E-state index contributed by atoms with van der Waals surface area (Å²) in [5.74, 6) is -0.991. The molecule has 1 unspecified atom stereocenters. The lowest BCUT2D eigenvalue weighted by molar-refractivity contribution is -0.138. The van der Waals surface area contributed by atoms with E-state index in [9.17, 15) is 14.7 Å². The normalized spacial score (nSPS) is 17.4. The van der Waals surface area contributed by atoms with Gasteiger partial charge in [0, 0.05) is 41.4 Å². The van der Waals surface area contributed by atoms with E-state index in [1.54, 1.807) is 21.9 Å². The predicted molar refractivity (Wildman–Crippen MR) is 104 cm³/mol. The van der Waals surface area contributed by atoms with Gasteiger partial charge >= 0.3 is 12.0 Å². The number of urea groups is 1. The quantitative estimate of drug-likeness (QED) is 0.727. The molecular formula is C19H20BrN3O3. The van der Waals surface area contributed by atoms with Crippen LogP contribution in [0.15, 0.2) is 53.0 Å². The average Bonchev–Trinajstić information content (AvgIpc) is 2.60. The van der Waals surface area contributed by atoms with Gasteiger partial charge in [-0.25, -0.2) is 4.79 Å². The fraction of sp³-hybridized carbons (Fsp3) is 0.263. The third kappa shape index (κ3) is 4.35. The first-order valence-electron chi connectivity index (χ1n) is 8.30. The van der Waals surface area contributed by atoms with Gasteiger partial charge in [0.1, 0.15) is 0 Å². The summed E-state index contributed by atoms with van der Waals surface area (Å²) in [4.78, 5) is 27.5. The van der Waals surface area contributed by atoms with Crippen molar-refractivity contribution in [3.05, 3.63) is 58.6 Å². The van der Waals surface area contributed by atoms with E-state index in [-0.39, 0.29) is 18.4 Å². The summed E-state index contributed by atoms with van der Waals surface area (Å²) in [5.41, 5.74) is 8.10. The second-order valence-corrected chi connectivity index (χ2v) is 7.37. The molecule has 2 aromatic carbocycles. The maximum atomic E-state index is 13.0. The summed E-state index contributed by atoms with van der Waals surface area (Å²) >= 11 is 3.39. The second-order valence-electron chi connectivity index (χ2n) is 6.46. The van der Waals surface area contributed by atoms with Crippen molar-refractivity contribution in [2.24, 2.45) is 5.92 Å². The number of benzene rings is 2. The summed E-state index contributed by atoms with van der Waals surface area (Å²) in [5, 5.41) is 9.19. The van der Waals surface area contributed by atoms with Crippen molar-refractivity contribution in [1.82, 2.24) is 4.90 Å². The fourth-order valence-electron chi connectivity index (χ4n) is 3.14. The summed E-state index contributed by atoms with van der Waals surface area (Å²) < 4.78 is 0.923. The number of carboxylic acids is 1. The zero-order valence-corrected chi connectivity index (χ0v) is 15.7. The van der Waals surface area contributed by atoms with E-state index in [0.717, 1.165) is 15.7 Å². The van der Waals surface area contributed by atoms with Crippen molar-refractivity contribution in [2.45, 2.75) is 13.0 Å². The van der Waals surface area contributed by atoms with Gasteiger partial charge in [0.15, 0.2) is 0 Å². The molecule has 0 aliphatic carbocycles. The van der Waals surface area contributed by atoms with Crippen molar-refractivity contribution in [3.8, 4) is 0 Å². The van der Waals surface area contributed by atoms with Crippen LogP contribution < -0.4 is 10.6 Å². The third-order valence-electron chi connectivity index (χ3n) is 4.38. The molecule has 2 aromatic rings. The lowest BCUT2D eigenvalue weighted by atomic mass is 10.0. The number of rotatable bonds is 5. The molecule has 6 nitrogen and oxygen atoms in total. The Labute approximate surface area is 160 Å². The molecule has 7 heteroatoms. The maximum absolute atomic E-state index is 13.0. The van der Waals surface area contributed by atoms with Crippen LogP contribution in [-0.4, -0.2) is 35.1 Å². The summed E-state index contributed by atoms with van der Waals surface area (Å²) in [6, 6.07) is 14.7. The van der Waals surface area contributed by atoms with Gasteiger partial charge in [0.05, 0.1) is 6.42 Å². The summed E-state index contributed by atoms with van der Waals surface area (Å²) in [7, 11) is 0. The van der Waals surface area contributed by atoms with Gasteiger partial charge in [-0.1, -0.05) is 28.1 Å². The van der Waals surface area contributed by atoms with E-state index in [1.165, 1.54) is 0 Å². The van der Waals surface area contributed by atoms with E-state index >= 15 is 0 Å². The number of carbonyl (C=O) groups excluding carboxylic acids is 1. The Balaban J connectivity index is 1.84. The molecular weight excluding hydrogens is 398 g/mol. The van der Waals surface area contributed by atoms with E-state index in [2.05, 4.69) is 15.9 Å². The lowest BCUT2D eigenvalue weighted by Gasteiger charge is -2.40. The molecule has 1 aliphatic rings. The number of amides is 2. The van der Waals surface area contributed by atoms with Crippen LogP contribution in [0.5, 0.6) is 0 Å². The number of halogens is 1. The second kappa shape index (κ2) is 7.78. The molecule has 0 aromatic heterocycles. The van der Waals surface area contributed by atoms with Crippen LogP contribution in [0.4, 0.5) is 16.2 Å². The van der Waals surface area contributed by atoms with E-state index in [0.29, 0.717) is 25.3 Å². The van der Waals surface area contributed by atoms with Crippen LogP contribution in [0, 0.1) is 5.92 Å². The maximum Gasteiger partial charge on any atom is 0.324 e. The highest BCUT2D eigenvalue weighted by Gasteiger charge is 2.33. The fourth-order valence-corrected chi connectivity index (χ4v) is 3.41. The van der Waals surface area contributed by atoms with Gasteiger partial charge in [-0.2, -0.15) is 0 Å². The number of hydrogen-bond acceptors (Lipinski definition) is 3. The van der Waals surface area contributed by atoms with Gasteiger partial charge in [-0.15, -0.1) is 0 Å². The third-order valence-corrected chi connectivity index (χ3v) is 4.90. The van der Waals surface area contributed by atoms with Crippen LogP contribution in [0.25, 0.3) is 0 Å². The van der Waals surface area contributed by atoms with Crippen LogP contribution >= 0.6 is 15.9 Å². The van der Waals surface area contributed by atoms with Gasteiger partial charge < -0.3 is 15.7 Å². The number of anilines is 2. The van der Waals surface area contributed by atoms with E-state index in [4.69, 9.17) is 5.73 Å². The molecule has 3 N–H and O–H groups in total. The number of aliphatic carboxylic acids is 1. The first-order chi connectivity index (χ1) is 12.4. The zero-order valence-electron chi connectivity index (χ0n) is 14.1. The smallest absolute Gasteiger partial charge is 0.324 e. The number of carbonyl (C=O) groups is 2. The van der Waals surface area contributed by atoms with Crippen molar-refractivity contribution in [1.29, 1.82) is 0 Å². The van der Waals surface area contributed by atoms with E-state index in [1.807, 2.05) is 36.4 Å². The Morgan fingerprint density at radius 3 is 2.38 bits per heavy atom. The SMILES string of the molecule is Nc1ccc(CN2CC(CC(=O)O)CN(c3ccc(Br)cc3)C2=O)cc1. The van der Waals surface area contributed by atoms with Crippen molar-refractivity contribution in [2.75, 3.05) is 23.7 Å². The van der Waals surface area contributed by atoms with Crippen LogP contribution in [0.1, 0.15) is 12.0 Å². The zero-order chi connectivity index (χ0) is 18.7. The molecule has 3 rings (SSSR count). The van der Waals surface area contributed by atoms with Crippen molar-refractivity contribution in [3.63, 3.8) is 0 Å². The van der Waals surface area contributed by atoms with Crippen molar-refractivity contribution < 1.29 is 14.7 Å². The minimum Gasteiger partial charge on any atom is -0.481 e. The minimum atomic E-state index is -0.854. The number of nitrogen functional groups attached to an aromatic ring is 1. The van der Waals surface area contributed by atoms with Crippen molar-refractivity contribution >= 4 is 39.3 Å². The molecule has 1 heterocycles. The molecule has 0 radical (unpaired) electrons. The summed E-state index contributed by atoms with van der Waals surface area (Å²) in [6.45, 7) is 1.23. The number of hydrogen-bond donors (Lipinski definition) is 2. The highest BCUT2D eigenvalue weighted by molar-refractivity contribution is 9.10. The van der Waals surface area contributed by atoms with Gasteiger partial charge in [-0.05, 0) is 42.0 Å². The standard InChI is InChI=1S/C19H20BrN3O3/c20-15-3-7-17(8-4-15)23-12-14(9-18(24)25)11-22(19(23)26)10-13-1-5-16(21)6-2-13/h1-8,14H,9-12,21H2,(H,24,25). The Morgan fingerprint density at radius 2 is 1.77 bits per heavy atom. The number of carboxylic acid groups (broad SMARTS) is 1. The molecule has 1 aliphatic heterocycles. The first kappa shape index (κ1) is 18.3. The van der Waals surface area contributed by atoms with Crippen LogP contribution in [-0.2, 0) is 11.3 Å². The molecule has 0 spiro atoms. The van der Waals surface area contributed by atoms with Crippen LogP contribution in [0.3, 0.4) is 0 Å². The molecule has 2 amide bonds. The Hall–Kier alpha value is -2.54. The number of nitrogens with two attached hydrogens (primary N) is 1. The van der Waals surface area contributed by atoms with Gasteiger partial charge in [0.2, 0.25) is 0 Å². The Kier molecular flexibility index (Phi) is 5.46. The summed E-state index contributed by atoms with van der Waals surface area (Å²) in [6.07, 6.45) is 0.0263. The van der Waals surface area contributed by atoms with Crippen LogP contribution in [0.2, 0.25) is 0 Å². The molecule has 1 atom stereocenters. The van der Waals surface area contributed by atoms with Gasteiger partial charge in [-0.3, -0.25) is 9.69 Å². The molecule has 0 saturated carbocycles. The Bertz CT molecular complexity index is 793. The largest absolute Gasteiger partial charge is 0.481 e. The molecule has 0 bridgehead atoms. The first-order valence-corrected chi connectivity index (χ1v) is 9.10.